The normalized spacial score (nSPS) is 16.6. The maximum absolute atomic E-state index is 13.3. The molecule has 3 rings (SSSR count). The van der Waals surface area contributed by atoms with Crippen molar-refractivity contribution < 1.29 is 22.7 Å². The molecule has 0 aliphatic carbocycles. The van der Waals surface area contributed by atoms with Gasteiger partial charge in [-0.3, -0.25) is 9.59 Å². The van der Waals surface area contributed by atoms with Gasteiger partial charge in [-0.15, -0.1) is 0 Å². The Hall–Kier alpha value is -2.75. The fourth-order valence-corrected chi connectivity index (χ4v) is 5.07. The second kappa shape index (κ2) is 12.8. The summed E-state index contributed by atoms with van der Waals surface area (Å²) in [5.41, 5.74) is 1.79. The van der Waals surface area contributed by atoms with E-state index >= 15 is 0 Å². The Morgan fingerprint density at radius 3 is 2.43 bits per heavy atom. The van der Waals surface area contributed by atoms with Crippen LogP contribution in [0.15, 0.2) is 59.5 Å². The molecular formula is C26H35N3O5S. The number of nitrogens with one attached hydrogen (secondary N) is 2. The second-order valence-electron chi connectivity index (χ2n) is 8.71. The van der Waals surface area contributed by atoms with Gasteiger partial charge in [0.15, 0.2) is 0 Å². The number of aryl methyl sites for hydroxylation is 1. The van der Waals surface area contributed by atoms with Crippen molar-refractivity contribution in [3.8, 4) is 0 Å². The smallest absolute Gasteiger partial charge is 0.242 e. The van der Waals surface area contributed by atoms with Crippen molar-refractivity contribution in [3.05, 3.63) is 65.7 Å². The van der Waals surface area contributed by atoms with Gasteiger partial charge < -0.3 is 15.0 Å². The largest absolute Gasteiger partial charge is 0.376 e. The van der Waals surface area contributed by atoms with E-state index in [0.29, 0.717) is 26.1 Å². The van der Waals surface area contributed by atoms with Crippen LogP contribution in [0.2, 0.25) is 0 Å². The quantitative estimate of drug-likeness (QED) is 0.465. The van der Waals surface area contributed by atoms with Crippen molar-refractivity contribution in [1.29, 1.82) is 0 Å². The van der Waals surface area contributed by atoms with Gasteiger partial charge in [0.2, 0.25) is 21.8 Å². The standard InChI is InChI=1S/C26H35N3O5S/c1-3-28-35(32,33)24-14-11-21(12-15-24)13-16-25(30)29(19-22-8-5-4-6-9-22)20(2)26(31)27-18-23-10-7-17-34-23/h4-6,8-9,11-12,14-15,20,23,28H,3,7,10,13,16-19H2,1-2H3,(H,27,31)/t20-,23+/m1/s1. The van der Waals surface area contributed by atoms with Gasteiger partial charge in [0.25, 0.3) is 0 Å². The van der Waals surface area contributed by atoms with Crippen LogP contribution in [0, 0.1) is 0 Å². The predicted octanol–water partition coefficient (Wildman–Crippen LogP) is 2.63. The summed E-state index contributed by atoms with van der Waals surface area (Å²) in [5.74, 6) is -0.347. The number of nitrogens with zero attached hydrogens (tertiary/aromatic N) is 1. The summed E-state index contributed by atoms with van der Waals surface area (Å²) < 4.78 is 32.3. The molecule has 1 aliphatic rings. The molecule has 2 N–H and O–H groups in total. The lowest BCUT2D eigenvalue weighted by Gasteiger charge is -2.29. The monoisotopic (exact) mass is 501 g/mol. The summed E-state index contributed by atoms with van der Waals surface area (Å²) in [5, 5.41) is 2.93. The van der Waals surface area contributed by atoms with E-state index in [9.17, 15) is 18.0 Å². The Bertz CT molecular complexity index is 1070. The molecule has 2 amide bonds. The van der Waals surface area contributed by atoms with Crippen molar-refractivity contribution in [2.75, 3.05) is 19.7 Å². The highest BCUT2D eigenvalue weighted by Gasteiger charge is 2.27. The van der Waals surface area contributed by atoms with Crippen molar-refractivity contribution in [3.63, 3.8) is 0 Å². The lowest BCUT2D eigenvalue weighted by Crippen LogP contribution is -2.49. The average molecular weight is 502 g/mol. The summed E-state index contributed by atoms with van der Waals surface area (Å²) in [6, 6.07) is 15.5. The Morgan fingerprint density at radius 1 is 1.09 bits per heavy atom. The molecule has 0 bridgehead atoms. The Labute approximate surface area is 208 Å². The number of hydrogen-bond donors (Lipinski definition) is 2. The number of ether oxygens (including phenoxy) is 1. The Balaban J connectivity index is 1.64. The first kappa shape index (κ1) is 26.8. The molecule has 0 radical (unpaired) electrons. The van der Waals surface area contributed by atoms with E-state index in [1.165, 1.54) is 0 Å². The second-order valence-corrected chi connectivity index (χ2v) is 10.5. The summed E-state index contributed by atoms with van der Waals surface area (Å²) >= 11 is 0. The van der Waals surface area contributed by atoms with Crippen LogP contribution in [0.4, 0.5) is 0 Å². The first-order valence-electron chi connectivity index (χ1n) is 12.1. The Morgan fingerprint density at radius 2 is 1.80 bits per heavy atom. The van der Waals surface area contributed by atoms with Crippen LogP contribution in [-0.4, -0.2) is 57.0 Å². The fraction of sp³-hybridized carbons (Fsp3) is 0.462. The predicted molar refractivity (Wildman–Crippen MR) is 134 cm³/mol. The van der Waals surface area contributed by atoms with Gasteiger partial charge in [0, 0.05) is 32.7 Å². The molecular weight excluding hydrogens is 466 g/mol. The van der Waals surface area contributed by atoms with Crippen molar-refractivity contribution in [2.24, 2.45) is 0 Å². The summed E-state index contributed by atoms with van der Waals surface area (Å²) in [4.78, 5) is 27.9. The molecule has 1 fully saturated rings. The highest BCUT2D eigenvalue weighted by molar-refractivity contribution is 7.89. The van der Waals surface area contributed by atoms with Crippen LogP contribution in [0.1, 0.15) is 44.2 Å². The Kier molecular flexibility index (Phi) is 9.83. The van der Waals surface area contributed by atoms with E-state index < -0.39 is 16.1 Å². The van der Waals surface area contributed by atoms with E-state index in [1.807, 2.05) is 30.3 Å². The number of amides is 2. The minimum Gasteiger partial charge on any atom is -0.376 e. The molecule has 0 saturated carbocycles. The third-order valence-corrected chi connectivity index (χ3v) is 7.65. The van der Waals surface area contributed by atoms with Crippen molar-refractivity contribution in [2.45, 2.75) is 63.1 Å². The van der Waals surface area contributed by atoms with E-state index in [2.05, 4.69) is 10.0 Å². The summed E-state index contributed by atoms with van der Waals surface area (Å²) in [6.07, 6.45) is 2.60. The van der Waals surface area contributed by atoms with Gasteiger partial charge in [-0.05, 0) is 49.4 Å². The molecule has 35 heavy (non-hydrogen) atoms. The third kappa shape index (κ3) is 7.88. The van der Waals surface area contributed by atoms with Crippen LogP contribution < -0.4 is 10.0 Å². The number of hydrogen-bond acceptors (Lipinski definition) is 5. The molecule has 8 nitrogen and oxygen atoms in total. The number of carbonyl (C=O) groups is 2. The zero-order chi connectivity index (χ0) is 25.3. The molecule has 1 heterocycles. The number of carbonyl (C=O) groups excluding carboxylic acids is 2. The zero-order valence-corrected chi connectivity index (χ0v) is 21.2. The summed E-state index contributed by atoms with van der Waals surface area (Å²) in [6.45, 7) is 5.27. The van der Waals surface area contributed by atoms with E-state index in [1.54, 1.807) is 43.0 Å². The minimum atomic E-state index is -3.52. The molecule has 9 heteroatoms. The third-order valence-electron chi connectivity index (χ3n) is 6.09. The average Bonchev–Trinajstić information content (AvgIpc) is 3.38. The highest BCUT2D eigenvalue weighted by Crippen LogP contribution is 2.16. The van der Waals surface area contributed by atoms with Crippen LogP contribution in [0.3, 0.4) is 0 Å². The lowest BCUT2D eigenvalue weighted by molar-refractivity contribution is -0.140. The SMILES string of the molecule is CCNS(=O)(=O)c1ccc(CCC(=O)N(Cc2ccccc2)[C@H](C)C(=O)NC[C@@H]2CCCO2)cc1. The molecule has 0 aromatic heterocycles. The van der Waals surface area contributed by atoms with Gasteiger partial charge in [-0.2, -0.15) is 0 Å². The van der Waals surface area contributed by atoms with Crippen LogP contribution in [-0.2, 0) is 37.3 Å². The lowest BCUT2D eigenvalue weighted by atomic mass is 10.1. The molecule has 0 spiro atoms. The summed E-state index contributed by atoms with van der Waals surface area (Å²) in [7, 11) is -3.52. The van der Waals surface area contributed by atoms with Crippen molar-refractivity contribution >= 4 is 21.8 Å². The number of sulfonamides is 1. The zero-order valence-electron chi connectivity index (χ0n) is 20.4. The molecule has 190 valence electrons. The molecule has 2 aromatic rings. The van der Waals surface area contributed by atoms with Gasteiger partial charge in [0.1, 0.15) is 6.04 Å². The van der Waals surface area contributed by atoms with Gasteiger partial charge in [-0.1, -0.05) is 49.4 Å². The van der Waals surface area contributed by atoms with E-state index in [4.69, 9.17) is 4.74 Å². The van der Waals surface area contributed by atoms with Crippen molar-refractivity contribution in [1.82, 2.24) is 14.9 Å². The number of rotatable bonds is 12. The highest BCUT2D eigenvalue weighted by atomic mass is 32.2. The molecule has 2 aromatic carbocycles. The first-order chi connectivity index (χ1) is 16.8. The van der Waals surface area contributed by atoms with E-state index in [-0.39, 0.29) is 29.2 Å². The van der Waals surface area contributed by atoms with Gasteiger partial charge >= 0.3 is 0 Å². The fourth-order valence-electron chi connectivity index (χ4n) is 4.03. The molecule has 2 atom stereocenters. The number of benzene rings is 2. The molecule has 1 aliphatic heterocycles. The van der Waals surface area contributed by atoms with Gasteiger partial charge in [-0.25, -0.2) is 13.1 Å². The molecule has 0 unspecified atom stereocenters. The topological polar surface area (TPSA) is 105 Å². The first-order valence-corrected chi connectivity index (χ1v) is 13.6. The van der Waals surface area contributed by atoms with Gasteiger partial charge in [0.05, 0.1) is 11.0 Å². The van der Waals surface area contributed by atoms with Crippen LogP contribution >= 0.6 is 0 Å². The molecule has 1 saturated heterocycles. The minimum absolute atomic E-state index is 0.0312. The van der Waals surface area contributed by atoms with Crippen LogP contribution in [0.25, 0.3) is 0 Å². The van der Waals surface area contributed by atoms with E-state index in [0.717, 1.165) is 30.6 Å². The maximum atomic E-state index is 13.3. The van der Waals surface area contributed by atoms with Crippen LogP contribution in [0.5, 0.6) is 0 Å². The maximum Gasteiger partial charge on any atom is 0.242 e.